The molecule has 0 saturated carbocycles. The molecule has 1 N–H and O–H groups in total. The van der Waals surface area contributed by atoms with Crippen LogP contribution in [0.4, 0.5) is 0 Å². The summed E-state index contributed by atoms with van der Waals surface area (Å²) < 4.78 is 6.88. The van der Waals surface area contributed by atoms with Gasteiger partial charge in [0.05, 0.1) is 0 Å². The van der Waals surface area contributed by atoms with E-state index in [1.54, 1.807) is 4.90 Å². The number of hydrogen-bond acceptors (Lipinski definition) is 3. The molecule has 0 aliphatic heterocycles. The molecule has 38 heavy (non-hydrogen) atoms. The second-order valence-electron chi connectivity index (χ2n) is 11.1. The first-order chi connectivity index (χ1) is 18.0. The maximum absolute atomic E-state index is 13.7. The van der Waals surface area contributed by atoms with Crippen molar-refractivity contribution in [3.63, 3.8) is 0 Å². The SMILES string of the molecule is CC(C)CNC(=O)[C@H](Cc1ccccc1)N(Cc1ccc(Br)cc1)C(=O)COc1ccc(C(C)(C)C)cc1. The zero-order valence-corrected chi connectivity index (χ0v) is 24.6. The molecule has 3 rings (SSSR count). The van der Waals surface area contributed by atoms with Crippen molar-refractivity contribution in [1.82, 2.24) is 10.2 Å². The molecule has 0 aliphatic carbocycles. The van der Waals surface area contributed by atoms with E-state index in [9.17, 15) is 9.59 Å². The first-order valence-electron chi connectivity index (χ1n) is 13.1. The summed E-state index contributed by atoms with van der Waals surface area (Å²) in [7, 11) is 0. The number of benzene rings is 3. The van der Waals surface area contributed by atoms with Crippen LogP contribution >= 0.6 is 15.9 Å². The van der Waals surface area contributed by atoms with Gasteiger partial charge in [0.25, 0.3) is 5.91 Å². The van der Waals surface area contributed by atoms with Crippen LogP contribution in [0, 0.1) is 5.92 Å². The van der Waals surface area contributed by atoms with Crippen molar-refractivity contribution in [1.29, 1.82) is 0 Å². The summed E-state index contributed by atoms with van der Waals surface area (Å²) in [5, 5.41) is 3.05. The summed E-state index contributed by atoms with van der Waals surface area (Å²) in [6.45, 7) is 11.3. The second kappa shape index (κ2) is 13.6. The van der Waals surface area contributed by atoms with Crippen molar-refractivity contribution >= 4 is 27.7 Å². The standard InChI is InChI=1S/C32H39BrN2O3/c1-23(2)20-34-31(37)29(19-24-9-7-6-8-10-24)35(21-25-11-15-27(33)16-12-25)30(36)22-38-28-17-13-26(14-18-28)32(3,4)5/h6-18,23,29H,19-22H2,1-5H3,(H,34,37)/t29-/m0/s1. The van der Waals surface area contributed by atoms with Crippen LogP contribution in [0.3, 0.4) is 0 Å². The number of amides is 2. The van der Waals surface area contributed by atoms with E-state index in [0.29, 0.717) is 31.2 Å². The van der Waals surface area contributed by atoms with Crippen molar-refractivity contribution < 1.29 is 14.3 Å². The van der Waals surface area contributed by atoms with Crippen molar-refractivity contribution in [2.45, 2.75) is 59.0 Å². The van der Waals surface area contributed by atoms with Crippen LogP contribution in [-0.2, 0) is 28.0 Å². The van der Waals surface area contributed by atoms with Crippen LogP contribution in [0.5, 0.6) is 5.75 Å². The fourth-order valence-corrected chi connectivity index (χ4v) is 4.31. The van der Waals surface area contributed by atoms with Gasteiger partial charge in [-0.2, -0.15) is 0 Å². The van der Waals surface area contributed by atoms with Gasteiger partial charge in [0.15, 0.2) is 6.61 Å². The van der Waals surface area contributed by atoms with Crippen molar-refractivity contribution in [2.24, 2.45) is 5.92 Å². The molecular weight excluding hydrogens is 540 g/mol. The fourth-order valence-electron chi connectivity index (χ4n) is 4.04. The zero-order chi connectivity index (χ0) is 27.7. The minimum Gasteiger partial charge on any atom is -0.484 e. The molecule has 6 heteroatoms. The summed E-state index contributed by atoms with van der Waals surface area (Å²) >= 11 is 3.47. The quantitative estimate of drug-likeness (QED) is 0.281. The first kappa shape index (κ1) is 29.4. The maximum Gasteiger partial charge on any atom is 0.261 e. The van der Waals surface area contributed by atoms with E-state index in [2.05, 4.69) is 55.9 Å². The van der Waals surface area contributed by atoms with Crippen LogP contribution < -0.4 is 10.1 Å². The molecule has 1 atom stereocenters. The predicted octanol–water partition coefficient (Wildman–Crippen LogP) is 6.54. The van der Waals surface area contributed by atoms with E-state index in [-0.39, 0.29) is 23.8 Å². The molecular formula is C32H39BrN2O3. The molecule has 0 bridgehead atoms. The first-order valence-corrected chi connectivity index (χ1v) is 13.9. The Labute approximate surface area is 235 Å². The van der Waals surface area contributed by atoms with Gasteiger partial charge >= 0.3 is 0 Å². The van der Waals surface area contributed by atoms with Crippen molar-refractivity contribution in [3.05, 3.63) is 100 Å². The second-order valence-corrected chi connectivity index (χ2v) is 12.0. The van der Waals surface area contributed by atoms with Crippen molar-refractivity contribution in [3.8, 4) is 5.75 Å². The third kappa shape index (κ3) is 9.02. The molecule has 2 amide bonds. The molecule has 3 aromatic carbocycles. The molecule has 0 saturated heterocycles. The van der Waals surface area contributed by atoms with Crippen molar-refractivity contribution in [2.75, 3.05) is 13.2 Å². The van der Waals surface area contributed by atoms with Gasteiger partial charge in [-0.05, 0) is 52.3 Å². The van der Waals surface area contributed by atoms with Gasteiger partial charge in [0, 0.05) is 24.0 Å². The molecule has 0 aromatic heterocycles. The monoisotopic (exact) mass is 578 g/mol. The highest BCUT2D eigenvalue weighted by molar-refractivity contribution is 9.10. The van der Waals surface area contributed by atoms with E-state index < -0.39 is 6.04 Å². The Bertz CT molecular complexity index is 1170. The van der Waals surface area contributed by atoms with Gasteiger partial charge in [-0.25, -0.2) is 0 Å². The Morgan fingerprint density at radius 3 is 2.11 bits per heavy atom. The Morgan fingerprint density at radius 1 is 0.895 bits per heavy atom. The van der Waals surface area contributed by atoms with E-state index in [0.717, 1.165) is 15.6 Å². The molecule has 0 fully saturated rings. The summed E-state index contributed by atoms with van der Waals surface area (Å²) in [6.07, 6.45) is 0.410. The number of carbonyl (C=O) groups is 2. The minimum atomic E-state index is -0.681. The van der Waals surface area contributed by atoms with Gasteiger partial charge < -0.3 is 15.0 Å². The van der Waals surface area contributed by atoms with E-state index in [4.69, 9.17) is 4.74 Å². The molecule has 0 aliphatic rings. The van der Waals surface area contributed by atoms with Gasteiger partial charge in [-0.3, -0.25) is 9.59 Å². The van der Waals surface area contributed by atoms with Gasteiger partial charge in [0.1, 0.15) is 11.8 Å². The third-order valence-corrected chi connectivity index (χ3v) is 6.83. The Morgan fingerprint density at radius 2 is 1.53 bits per heavy atom. The topological polar surface area (TPSA) is 58.6 Å². The minimum absolute atomic E-state index is 0.0316. The maximum atomic E-state index is 13.7. The van der Waals surface area contributed by atoms with Crippen LogP contribution in [0.25, 0.3) is 0 Å². The average molecular weight is 580 g/mol. The molecule has 5 nitrogen and oxygen atoms in total. The average Bonchev–Trinajstić information content (AvgIpc) is 2.89. The lowest BCUT2D eigenvalue weighted by Gasteiger charge is -2.31. The lowest BCUT2D eigenvalue weighted by atomic mass is 9.87. The van der Waals surface area contributed by atoms with Gasteiger partial charge in [-0.1, -0.05) is 105 Å². The Kier molecular flexibility index (Phi) is 10.5. The number of ether oxygens (including phenoxy) is 1. The fraction of sp³-hybridized carbons (Fsp3) is 0.375. The number of carbonyl (C=O) groups excluding carboxylic acids is 2. The van der Waals surface area contributed by atoms with E-state index in [1.165, 1.54) is 5.56 Å². The van der Waals surface area contributed by atoms with Gasteiger partial charge in [0.2, 0.25) is 5.91 Å². The third-order valence-electron chi connectivity index (χ3n) is 6.30. The molecule has 0 spiro atoms. The Hall–Kier alpha value is -3.12. The van der Waals surface area contributed by atoms with Crippen LogP contribution in [-0.4, -0.2) is 35.9 Å². The highest BCUT2D eigenvalue weighted by Gasteiger charge is 2.30. The zero-order valence-electron chi connectivity index (χ0n) is 23.0. The van der Waals surface area contributed by atoms with Gasteiger partial charge in [-0.15, -0.1) is 0 Å². The lowest BCUT2D eigenvalue weighted by molar-refractivity contribution is -0.142. The predicted molar refractivity (Wildman–Crippen MR) is 157 cm³/mol. The summed E-state index contributed by atoms with van der Waals surface area (Å²) in [5.41, 5.74) is 3.15. The number of rotatable bonds is 11. The van der Waals surface area contributed by atoms with E-state index >= 15 is 0 Å². The largest absolute Gasteiger partial charge is 0.484 e. The highest BCUT2D eigenvalue weighted by Crippen LogP contribution is 2.24. The smallest absolute Gasteiger partial charge is 0.261 e. The van der Waals surface area contributed by atoms with Crippen LogP contribution in [0.1, 0.15) is 51.3 Å². The molecule has 3 aromatic rings. The normalized spacial score (nSPS) is 12.2. The molecule has 0 unspecified atom stereocenters. The number of hydrogen-bond donors (Lipinski definition) is 1. The summed E-state index contributed by atoms with van der Waals surface area (Å²) in [6, 6.07) is 24.8. The highest BCUT2D eigenvalue weighted by atomic mass is 79.9. The molecule has 0 radical (unpaired) electrons. The van der Waals surface area contributed by atoms with Crippen LogP contribution in [0.15, 0.2) is 83.3 Å². The Balaban J connectivity index is 1.87. The summed E-state index contributed by atoms with van der Waals surface area (Å²) in [4.78, 5) is 28.8. The number of halogens is 1. The van der Waals surface area contributed by atoms with E-state index in [1.807, 2.05) is 78.9 Å². The molecule has 202 valence electrons. The molecule has 0 heterocycles. The summed E-state index contributed by atoms with van der Waals surface area (Å²) in [5.74, 6) is 0.515. The van der Waals surface area contributed by atoms with Crippen LogP contribution in [0.2, 0.25) is 0 Å². The number of nitrogens with one attached hydrogen (secondary N) is 1. The number of nitrogens with zero attached hydrogens (tertiary/aromatic N) is 1. The lowest BCUT2D eigenvalue weighted by Crippen LogP contribution is -2.52.